The molecular weight excluding hydrogens is 801 g/mol. The molecule has 0 amide bonds. The highest BCUT2D eigenvalue weighted by molar-refractivity contribution is 6.12. The van der Waals surface area contributed by atoms with Crippen molar-refractivity contribution < 1.29 is 0 Å². The monoisotopic (exact) mass is 846 g/mol. The zero-order valence-electron chi connectivity index (χ0n) is 37.4. The van der Waals surface area contributed by atoms with Gasteiger partial charge in [-0.3, -0.25) is 0 Å². The van der Waals surface area contributed by atoms with E-state index in [-0.39, 0.29) is 0 Å². The van der Waals surface area contributed by atoms with Crippen LogP contribution in [0.2, 0.25) is 0 Å². The molecule has 0 saturated heterocycles. The van der Waals surface area contributed by atoms with Crippen molar-refractivity contribution in [2.75, 3.05) is 0 Å². The van der Waals surface area contributed by atoms with Crippen LogP contribution in [-0.2, 0) is 0 Å². The molecule has 4 heteroatoms. The van der Waals surface area contributed by atoms with Crippen LogP contribution in [0, 0.1) is 27.7 Å². The molecular formula is C62H46N4. The molecule has 4 nitrogen and oxygen atoms in total. The first-order valence-electron chi connectivity index (χ1n) is 22.7. The maximum atomic E-state index is 5.16. The average Bonchev–Trinajstić information content (AvgIpc) is 3.86. The molecule has 0 atom stereocenters. The first-order valence-corrected chi connectivity index (χ1v) is 22.7. The van der Waals surface area contributed by atoms with Crippen molar-refractivity contribution in [3.8, 4) is 67.5 Å². The molecule has 12 rings (SSSR count). The summed E-state index contributed by atoms with van der Waals surface area (Å²) < 4.78 is 4.80. The lowest BCUT2D eigenvalue weighted by Crippen LogP contribution is -1.98. The van der Waals surface area contributed by atoms with E-state index in [4.69, 9.17) is 9.97 Å². The summed E-state index contributed by atoms with van der Waals surface area (Å²) in [5.74, 6) is 0.732. The summed E-state index contributed by atoms with van der Waals surface area (Å²) in [7, 11) is 0. The Kier molecular flexibility index (Phi) is 9.35. The largest absolute Gasteiger partial charge is 0.309 e. The van der Waals surface area contributed by atoms with Gasteiger partial charge in [0, 0.05) is 49.6 Å². The van der Waals surface area contributed by atoms with E-state index in [2.05, 4.69) is 243 Å². The summed E-state index contributed by atoms with van der Waals surface area (Å²) in [6.45, 7) is 8.65. The standard InChI is InChI=1S/C62H46N4/c1-39-13-11-15-46(33-39)55-38-56(64-62(63-55)47-16-12-14-40(2)34-47)48-35-41(3)61(42(4)36-48)45-25-23-43(24-26-45)44-27-29-49(30-28-44)65-59-22-10-7-19-53(59)54-37-50(31-32-60(54)65)66-57-20-8-5-17-51(57)52-18-6-9-21-58(52)66/h5-38H,1-4H3. The van der Waals surface area contributed by atoms with Gasteiger partial charge in [0.2, 0.25) is 0 Å². The smallest absolute Gasteiger partial charge is 0.160 e. The van der Waals surface area contributed by atoms with Gasteiger partial charge in [-0.1, -0.05) is 139 Å². The molecule has 0 saturated carbocycles. The van der Waals surface area contributed by atoms with E-state index in [0.717, 1.165) is 45.3 Å². The molecule has 0 bridgehead atoms. The van der Waals surface area contributed by atoms with Gasteiger partial charge >= 0.3 is 0 Å². The van der Waals surface area contributed by atoms with Gasteiger partial charge < -0.3 is 9.13 Å². The molecule has 3 heterocycles. The van der Waals surface area contributed by atoms with Crippen molar-refractivity contribution in [3.05, 3.63) is 229 Å². The molecule has 0 fully saturated rings. The lowest BCUT2D eigenvalue weighted by atomic mass is 9.91. The van der Waals surface area contributed by atoms with Gasteiger partial charge in [0.05, 0.1) is 33.5 Å². The molecule has 9 aromatic carbocycles. The SMILES string of the molecule is Cc1cccc(-c2cc(-c3cc(C)c(-c4ccc(-c5ccc(-n6c7ccccc7c7cc(-n8c9ccccc9c9ccccc98)ccc76)cc5)cc4)c(C)c3)nc(-c3cccc(C)c3)n2)c1. The first kappa shape index (κ1) is 39.3. The number of rotatable bonds is 7. The molecule has 0 radical (unpaired) electrons. The van der Waals surface area contributed by atoms with Gasteiger partial charge in [-0.25, -0.2) is 9.97 Å². The van der Waals surface area contributed by atoms with Crippen LogP contribution in [0.4, 0.5) is 0 Å². The molecule has 3 aromatic heterocycles. The molecule has 66 heavy (non-hydrogen) atoms. The minimum atomic E-state index is 0.732. The Morgan fingerprint density at radius 2 is 0.758 bits per heavy atom. The fourth-order valence-electron chi connectivity index (χ4n) is 10.2. The third kappa shape index (κ3) is 6.69. The Balaban J connectivity index is 0.860. The van der Waals surface area contributed by atoms with Crippen molar-refractivity contribution >= 4 is 43.6 Å². The van der Waals surface area contributed by atoms with Crippen LogP contribution in [0.15, 0.2) is 206 Å². The Morgan fingerprint density at radius 1 is 0.303 bits per heavy atom. The summed E-state index contributed by atoms with van der Waals surface area (Å²) in [6, 6.07) is 74.8. The fraction of sp³-hybridized carbons (Fsp3) is 0.0645. The molecule has 0 aliphatic carbocycles. The van der Waals surface area contributed by atoms with Crippen LogP contribution in [-0.4, -0.2) is 19.1 Å². The number of aromatic nitrogens is 4. The van der Waals surface area contributed by atoms with Crippen LogP contribution in [0.3, 0.4) is 0 Å². The van der Waals surface area contributed by atoms with E-state index in [1.54, 1.807) is 0 Å². The zero-order valence-corrected chi connectivity index (χ0v) is 37.4. The molecule has 314 valence electrons. The van der Waals surface area contributed by atoms with Gasteiger partial charge in [-0.2, -0.15) is 0 Å². The normalized spacial score (nSPS) is 11.6. The quantitative estimate of drug-likeness (QED) is 0.160. The second-order valence-corrected chi connectivity index (χ2v) is 17.7. The maximum absolute atomic E-state index is 5.16. The highest BCUT2D eigenvalue weighted by Crippen LogP contribution is 2.39. The van der Waals surface area contributed by atoms with Crippen LogP contribution in [0.25, 0.3) is 111 Å². The van der Waals surface area contributed by atoms with Crippen LogP contribution in [0.5, 0.6) is 0 Å². The van der Waals surface area contributed by atoms with E-state index in [1.165, 1.54) is 88.1 Å². The van der Waals surface area contributed by atoms with Crippen molar-refractivity contribution in [1.29, 1.82) is 0 Å². The Morgan fingerprint density at radius 3 is 1.35 bits per heavy atom. The van der Waals surface area contributed by atoms with Gasteiger partial charge in [0.25, 0.3) is 0 Å². The van der Waals surface area contributed by atoms with Gasteiger partial charge in [-0.15, -0.1) is 0 Å². The Labute approximate surface area is 384 Å². The van der Waals surface area contributed by atoms with Crippen molar-refractivity contribution in [2.45, 2.75) is 27.7 Å². The summed E-state index contributed by atoms with van der Waals surface area (Å²) in [6.07, 6.45) is 0. The molecule has 0 aliphatic heterocycles. The number of nitrogens with zero attached hydrogens (tertiary/aromatic N) is 4. The predicted molar refractivity (Wildman–Crippen MR) is 277 cm³/mol. The first-order chi connectivity index (χ1) is 32.3. The van der Waals surface area contributed by atoms with Crippen LogP contribution in [0.1, 0.15) is 22.3 Å². The number of benzene rings is 9. The molecule has 0 N–H and O–H groups in total. The number of para-hydroxylation sites is 3. The molecule has 0 aliphatic rings. The Bertz CT molecular complexity index is 3710. The summed E-state index contributed by atoms with van der Waals surface area (Å²) in [4.78, 5) is 10.2. The van der Waals surface area contributed by atoms with Crippen LogP contribution < -0.4 is 0 Å². The molecule has 0 spiro atoms. The maximum Gasteiger partial charge on any atom is 0.160 e. The predicted octanol–water partition coefficient (Wildman–Crippen LogP) is 16.2. The minimum Gasteiger partial charge on any atom is -0.309 e. The number of hydrogen-bond acceptors (Lipinski definition) is 2. The van der Waals surface area contributed by atoms with E-state index in [9.17, 15) is 0 Å². The summed E-state index contributed by atoms with van der Waals surface area (Å²) >= 11 is 0. The van der Waals surface area contributed by atoms with Crippen LogP contribution >= 0.6 is 0 Å². The topological polar surface area (TPSA) is 35.6 Å². The van der Waals surface area contributed by atoms with E-state index in [0.29, 0.717) is 0 Å². The Hall–Kier alpha value is -8.34. The van der Waals surface area contributed by atoms with Gasteiger partial charge in [-0.05, 0) is 140 Å². The second kappa shape index (κ2) is 15.7. The van der Waals surface area contributed by atoms with Crippen molar-refractivity contribution in [3.63, 3.8) is 0 Å². The number of fused-ring (bicyclic) bond motifs is 6. The molecule has 12 aromatic rings. The highest BCUT2D eigenvalue weighted by atomic mass is 15.0. The zero-order chi connectivity index (χ0) is 44.5. The van der Waals surface area contributed by atoms with E-state index < -0.39 is 0 Å². The number of hydrogen-bond donors (Lipinski definition) is 0. The third-order valence-electron chi connectivity index (χ3n) is 13.3. The lowest BCUT2D eigenvalue weighted by Gasteiger charge is -2.15. The fourth-order valence-corrected chi connectivity index (χ4v) is 10.2. The molecule has 0 unspecified atom stereocenters. The van der Waals surface area contributed by atoms with E-state index in [1.807, 2.05) is 0 Å². The van der Waals surface area contributed by atoms with Crippen molar-refractivity contribution in [1.82, 2.24) is 19.1 Å². The number of aryl methyl sites for hydroxylation is 4. The van der Waals surface area contributed by atoms with Crippen molar-refractivity contribution in [2.24, 2.45) is 0 Å². The van der Waals surface area contributed by atoms with E-state index >= 15 is 0 Å². The van der Waals surface area contributed by atoms with Gasteiger partial charge in [0.1, 0.15) is 0 Å². The second-order valence-electron chi connectivity index (χ2n) is 17.7. The highest BCUT2D eigenvalue weighted by Gasteiger charge is 2.18. The summed E-state index contributed by atoms with van der Waals surface area (Å²) in [5, 5.41) is 5.01. The summed E-state index contributed by atoms with van der Waals surface area (Å²) in [5.41, 5.74) is 21.8. The average molecular weight is 847 g/mol. The lowest BCUT2D eigenvalue weighted by molar-refractivity contribution is 1.17. The third-order valence-corrected chi connectivity index (χ3v) is 13.3. The van der Waals surface area contributed by atoms with Gasteiger partial charge in [0.15, 0.2) is 5.82 Å². The minimum absolute atomic E-state index is 0.732.